The zero-order valence-electron chi connectivity index (χ0n) is 12.1. The molecule has 1 amide bonds. The molecule has 0 radical (unpaired) electrons. The summed E-state index contributed by atoms with van der Waals surface area (Å²) in [6, 6.07) is 0. The zero-order chi connectivity index (χ0) is 14.1. The van der Waals surface area contributed by atoms with E-state index in [1.54, 1.807) is 0 Å². The van der Waals surface area contributed by atoms with Crippen LogP contribution in [0.1, 0.15) is 78.1 Å². The van der Waals surface area contributed by atoms with Crippen molar-refractivity contribution < 1.29 is 4.79 Å². The zero-order valence-corrected chi connectivity index (χ0v) is 12.1. The fourth-order valence-electron chi connectivity index (χ4n) is 1.52. The molecular weight excluding hydrogens is 228 g/mol. The Balaban J connectivity index is 0. The summed E-state index contributed by atoms with van der Waals surface area (Å²) in [5.74, 6) is -0.161. The van der Waals surface area contributed by atoms with E-state index in [9.17, 15) is 4.79 Å². The highest BCUT2D eigenvalue weighted by atomic mass is 16.3. The van der Waals surface area contributed by atoms with Crippen LogP contribution in [0.15, 0.2) is 5.18 Å². The maximum Gasteiger partial charge on any atom is 0.217 e. The Morgan fingerprint density at radius 1 is 0.889 bits per heavy atom. The summed E-state index contributed by atoms with van der Waals surface area (Å²) in [4.78, 5) is 19.6. The van der Waals surface area contributed by atoms with Gasteiger partial charge in [0, 0.05) is 6.42 Å². The lowest BCUT2D eigenvalue weighted by Gasteiger charge is -1.99. The minimum absolute atomic E-state index is 0.161. The van der Waals surface area contributed by atoms with Gasteiger partial charge >= 0.3 is 0 Å². The summed E-state index contributed by atoms with van der Waals surface area (Å²) < 4.78 is 0. The van der Waals surface area contributed by atoms with Crippen molar-refractivity contribution in [2.24, 2.45) is 10.9 Å². The maximum absolute atomic E-state index is 10.4. The number of hydrogen-bond acceptors (Lipinski definition) is 3. The molecule has 0 aliphatic heterocycles. The monoisotopic (exact) mass is 258 g/mol. The second-order valence-corrected chi connectivity index (χ2v) is 4.54. The van der Waals surface area contributed by atoms with Crippen LogP contribution in [0, 0.1) is 4.91 Å². The number of unbranched alkanes of at least 4 members (excludes halogenated alkanes) is 7. The molecule has 4 nitrogen and oxygen atoms in total. The average molecular weight is 258 g/mol. The van der Waals surface area contributed by atoms with E-state index in [2.05, 4.69) is 12.1 Å². The number of nitroso groups, excluding NO2 is 1. The first-order chi connectivity index (χ1) is 8.68. The number of amides is 1. The topological polar surface area (TPSA) is 72.5 Å². The molecular formula is C14H30N2O2. The quantitative estimate of drug-likeness (QED) is 0.446. The standard InChI is InChI=1S/C11H23NO.C3H7NO/c1-2-3-4-5-6-7-8-9-10-11(12)13;1-2-3-4-5/h2-10H2,1H3,(H2,12,13);2-3H2,1H3. The van der Waals surface area contributed by atoms with Crippen LogP contribution >= 0.6 is 0 Å². The normalized spacial score (nSPS) is 9.44. The summed E-state index contributed by atoms with van der Waals surface area (Å²) in [7, 11) is 0. The Bertz CT molecular complexity index is 185. The van der Waals surface area contributed by atoms with E-state index in [1.807, 2.05) is 6.92 Å². The lowest BCUT2D eigenvalue weighted by molar-refractivity contribution is -0.118. The molecule has 4 heteroatoms. The Morgan fingerprint density at radius 3 is 1.72 bits per heavy atom. The highest BCUT2D eigenvalue weighted by Gasteiger charge is 1.94. The summed E-state index contributed by atoms with van der Waals surface area (Å²) in [6.07, 6.45) is 11.5. The smallest absolute Gasteiger partial charge is 0.217 e. The minimum Gasteiger partial charge on any atom is -0.370 e. The van der Waals surface area contributed by atoms with E-state index in [0.717, 1.165) is 19.3 Å². The molecule has 18 heavy (non-hydrogen) atoms. The molecule has 0 saturated carbocycles. The van der Waals surface area contributed by atoms with Gasteiger partial charge in [0.05, 0.1) is 6.54 Å². The van der Waals surface area contributed by atoms with Gasteiger partial charge in [-0.25, -0.2) is 0 Å². The molecule has 2 N–H and O–H groups in total. The molecule has 0 aliphatic carbocycles. The molecule has 0 aromatic rings. The third-order valence-electron chi connectivity index (χ3n) is 2.59. The first-order valence-corrected chi connectivity index (χ1v) is 7.26. The fraction of sp³-hybridized carbons (Fsp3) is 0.929. The van der Waals surface area contributed by atoms with E-state index >= 15 is 0 Å². The first kappa shape index (κ1) is 19.4. The predicted molar refractivity (Wildman–Crippen MR) is 77.4 cm³/mol. The second-order valence-electron chi connectivity index (χ2n) is 4.54. The Labute approximate surface area is 112 Å². The Kier molecular flexibility index (Phi) is 19.9. The van der Waals surface area contributed by atoms with Crippen LogP contribution in [0.2, 0.25) is 0 Å². The molecule has 0 saturated heterocycles. The summed E-state index contributed by atoms with van der Waals surface area (Å²) in [5.41, 5.74) is 5.03. The van der Waals surface area contributed by atoms with Gasteiger partial charge in [-0.1, -0.05) is 64.0 Å². The van der Waals surface area contributed by atoms with Crippen molar-refractivity contribution in [3.63, 3.8) is 0 Å². The lowest BCUT2D eigenvalue weighted by atomic mass is 10.1. The van der Waals surface area contributed by atoms with Crippen molar-refractivity contribution in [1.29, 1.82) is 0 Å². The molecule has 108 valence electrons. The van der Waals surface area contributed by atoms with Gasteiger partial charge in [0.25, 0.3) is 0 Å². The number of nitrogens with zero attached hydrogens (tertiary/aromatic N) is 1. The summed E-state index contributed by atoms with van der Waals surface area (Å²) in [6.45, 7) is 4.61. The van der Waals surface area contributed by atoms with E-state index < -0.39 is 0 Å². The van der Waals surface area contributed by atoms with Gasteiger partial charge in [0.1, 0.15) is 0 Å². The van der Waals surface area contributed by atoms with Crippen molar-refractivity contribution in [1.82, 2.24) is 0 Å². The third-order valence-corrected chi connectivity index (χ3v) is 2.59. The number of carbonyl (C=O) groups is 1. The third kappa shape index (κ3) is 24.3. The van der Waals surface area contributed by atoms with Crippen LogP contribution in [0.5, 0.6) is 0 Å². The van der Waals surface area contributed by atoms with Gasteiger partial charge < -0.3 is 5.73 Å². The lowest BCUT2D eigenvalue weighted by Crippen LogP contribution is -2.09. The number of hydrogen-bond donors (Lipinski definition) is 1. The molecule has 0 spiro atoms. The van der Waals surface area contributed by atoms with Crippen molar-refractivity contribution in [2.45, 2.75) is 78.1 Å². The van der Waals surface area contributed by atoms with Crippen molar-refractivity contribution in [2.75, 3.05) is 6.54 Å². The van der Waals surface area contributed by atoms with Crippen LogP contribution in [0.3, 0.4) is 0 Å². The molecule has 0 fully saturated rings. The number of rotatable bonds is 11. The van der Waals surface area contributed by atoms with Crippen LogP contribution in [0.25, 0.3) is 0 Å². The molecule has 0 aliphatic rings. The second kappa shape index (κ2) is 18.4. The van der Waals surface area contributed by atoms with Crippen LogP contribution in [-0.2, 0) is 4.79 Å². The minimum atomic E-state index is -0.161. The van der Waals surface area contributed by atoms with Crippen molar-refractivity contribution in [3.8, 4) is 0 Å². The van der Waals surface area contributed by atoms with Gasteiger partial charge in [-0.3, -0.25) is 4.79 Å². The number of carbonyl (C=O) groups excluding carboxylic acids is 1. The highest BCUT2D eigenvalue weighted by Crippen LogP contribution is 2.08. The van der Waals surface area contributed by atoms with E-state index in [-0.39, 0.29) is 5.91 Å². The number of primary amides is 1. The molecule has 0 heterocycles. The van der Waals surface area contributed by atoms with Crippen LogP contribution in [-0.4, -0.2) is 12.5 Å². The van der Waals surface area contributed by atoms with Crippen LogP contribution < -0.4 is 5.73 Å². The van der Waals surface area contributed by atoms with Gasteiger partial charge in [-0.15, -0.1) is 0 Å². The molecule has 0 aromatic carbocycles. The van der Waals surface area contributed by atoms with Crippen molar-refractivity contribution in [3.05, 3.63) is 4.91 Å². The molecule has 0 unspecified atom stereocenters. The molecule has 0 atom stereocenters. The van der Waals surface area contributed by atoms with Crippen LogP contribution in [0.4, 0.5) is 0 Å². The largest absolute Gasteiger partial charge is 0.370 e. The van der Waals surface area contributed by atoms with Gasteiger partial charge in [0.2, 0.25) is 5.91 Å². The Morgan fingerprint density at radius 2 is 1.39 bits per heavy atom. The Hall–Kier alpha value is -0.930. The summed E-state index contributed by atoms with van der Waals surface area (Å²) >= 11 is 0. The van der Waals surface area contributed by atoms with Gasteiger partial charge in [-0.2, -0.15) is 4.91 Å². The van der Waals surface area contributed by atoms with Gasteiger partial charge in [0.15, 0.2) is 0 Å². The number of nitrogens with two attached hydrogens (primary N) is 1. The predicted octanol–water partition coefficient (Wildman–Crippen LogP) is 4.17. The average Bonchev–Trinajstić information content (AvgIpc) is 2.34. The fourth-order valence-corrected chi connectivity index (χ4v) is 1.52. The highest BCUT2D eigenvalue weighted by molar-refractivity contribution is 5.73. The van der Waals surface area contributed by atoms with E-state index in [1.165, 1.54) is 38.5 Å². The summed E-state index contributed by atoms with van der Waals surface area (Å²) in [5, 5.41) is 2.60. The van der Waals surface area contributed by atoms with E-state index in [0.29, 0.717) is 13.0 Å². The maximum atomic E-state index is 10.4. The SMILES string of the molecule is CCCCCCCCCCC(N)=O.CCCN=O. The van der Waals surface area contributed by atoms with E-state index in [4.69, 9.17) is 10.6 Å². The molecule has 0 aromatic heterocycles. The molecule has 0 bridgehead atoms. The van der Waals surface area contributed by atoms with Crippen molar-refractivity contribution >= 4 is 5.91 Å². The first-order valence-electron chi connectivity index (χ1n) is 7.26. The molecule has 0 rings (SSSR count). The van der Waals surface area contributed by atoms with Gasteiger partial charge in [-0.05, 0) is 12.8 Å².